The lowest BCUT2D eigenvalue weighted by Crippen LogP contribution is -2.27. The van der Waals surface area contributed by atoms with Crippen LogP contribution < -0.4 is 0 Å². The fourth-order valence-electron chi connectivity index (χ4n) is 3.30. The molecule has 0 heterocycles. The van der Waals surface area contributed by atoms with Gasteiger partial charge in [-0.05, 0) is 52.5 Å². The lowest BCUT2D eigenvalue weighted by molar-refractivity contribution is 0.0726. The maximum Gasteiger partial charge on any atom is 0.144 e. The topological polar surface area (TPSA) is 20.2 Å². The van der Waals surface area contributed by atoms with E-state index >= 15 is 0 Å². The van der Waals surface area contributed by atoms with Crippen LogP contribution in [-0.2, 0) is 3.61 Å². The van der Waals surface area contributed by atoms with Crippen molar-refractivity contribution in [2.24, 2.45) is 5.92 Å². The van der Waals surface area contributed by atoms with Crippen LogP contribution in [0.2, 0.25) is 0 Å². The van der Waals surface area contributed by atoms with Crippen molar-refractivity contribution in [3.05, 3.63) is 35.4 Å². The highest BCUT2D eigenvalue weighted by molar-refractivity contribution is 14.1. The molecule has 2 heteroatoms. The van der Waals surface area contributed by atoms with Crippen LogP contribution in [0.4, 0.5) is 0 Å². The van der Waals surface area contributed by atoms with Gasteiger partial charge in [0.05, 0.1) is 0 Å². The van der Waals surface area contributed by atoms with E-state index in [0.717, 1.165) is 0 Å². The van der Waals surface area contributed by atoms with Crippen LogP contribution in [0.25, 0.3) is 0 Å². The molecular weight excluding hydrogens is 299 g/mol. The van der Waals surface area contributed by atoms with Crippen molar-refractivity contribution in [1.82, 2.24) is 0 Å². The van der Waals surface area contributed by atoms with E-state index in [9.17, 15) is 5.11 Å². The Morgan fingerprint density at radius 1 is 1.20 bits per heavy atom. The zero-order valence-corrected chi connectivity index (χ0v) is 10.8. The highest BCUT2D eigenvalue weighted by Crippen LogP contribution is 2.58. The summed E-state index contributed by atoms with van der Waals surface area (Å²) >= 11 is 2.25. The summed E-state index contributed by atoms with van der Waals surface area (Å²) in [4.78, 5) is 0. The minimum Gasteiger partial charge on any atom is -0.375 e. The largest absolute Gasteiger partial charge is 0.375 e. The Labute approximate surface area is 104 Å². The number of alkyl halides is 1. The highest BCUT2D eigenvalue weighted by Gasteiger charge is 2.49. The highest BCUT2D eigenvalue weighted by atomic mass is 127. The van der Waals surface area contributed by atoms with Crippen molar-refractivity contribution in [2.75, 3.05) is 0 Å². The normalized spacial score (nSPS) is 38.5. The van der Waals surface area contributed by atoms with Crippen molar-refractivity contribution in [1.29, 1.82) is 0 Å². The Kier molecular flexibility index (Phi) is 2.32. The van der Waals surface area contributed by atoms with Crippen LogP contribution in [0.5, 0.6) is 0 Å². The number of aliphatic hydroxyl groups is 1. The summed E-state index contributed by atoms with van der Waals surface area (Å²) in [5, 5.41) is 10.6. The van der Waals surface area contributed by atoms with Crippen molar-refractivity contribution in [2.45, 2.75) is 35.2 Å². The smallest absolute Gasteiger partial charge is 0.144 e. The molecule has 80 valence electrons. The number of fused-ring (bicyclic) bond motifs is 3. The minimum atomic E-state index is -0.612. The Balaban J connectivity index is 2.13. The molecule has 1 N–H and O–H groups in total. The zero-order valence-electron chi connectivity index (χ0n) is 8.62. The predicted octanol–water partition coefficient (Wildman–Crippen LogP) is 3.55. The second kappa shape index (κ2) is 3.45. The van der Waals surface area contributed by atoms with Crippen LogP contribution in [0.3, 0.4) is 0 Å². The molecule has 1 saturated carbocycles. The summed E-state index contributed by atoms with van der Waals surface area (Å²) in [7, 11) is 0. The molecule has 1 nitrogen and oxygen atoms in total. The van der Waals surface area contributed by atoms with Crippen LogP contribution in [-0.4, -0.2) is 5.11 Å². The third-order valence-corrected chi connectivity index (χ3v) is 5.38. The van der Waals surface area contributed by atoms with Crippen LogP contribution >= 0.6 is 22.6 Å². The van der Waals surface area contributed by atoms with Gasteiger partial charge >= 0.3 is 0 Å². The second-order valence-corrected chi connectivity index (χ2v) is 6.40. The van der Waals surface area contributed by atoms with E-state index in [2.05, 4.69) is 40.8 Å². The Morgan fingerprint density at radius 2 is 1.93 bits per heavy atom. The van der Waals surface area contributed by atoms with E-state index in [1.54, 1.807) is 0 Å². The van der Waals surface area contributed by atoms with Gasteiger partial charge in [-0.3, -0.25) is 0 Å². The van der Waals surface area contributed by atoms with Crippen LogP contribution in [0.1, 0.15) is 42.7 Å². The molecule has 1 aromatic carbocycles. The fourth-order valence-corrected chi connectivity index (χ4v) is 4.54. The van der Waals surface area contributed by atoms with Gasteiger partial charge in [-0.2, -0.15) is 0 Å². The molecular formula is C13H15IO. The van der Waals surface area contributed by atoms with Gasteiger partial charge in [0.15, 0.2) is 0 Å². The lowest BCUT2D eigenvalue weighted by atomic mass is 9.79. The molecule has 3 atom stereocenters. The Hall–Kier alpha value is -0.0900. The van der Waals surface area contributed by atoms with Gasteiger partial charge in [0.2, 0.25) is 0 Å². The average molecular weight is 314 g/mol. The van der Waals surface area contributed by atoms with E-state index in [1.165, 1.54) is 36.8 Å². The summed E-state index contributed by atoms with van der Waals surface area (Å²) in [6, 6.07) is 8.44. The molecule has 1 aromatic rings. The molecule has 0 saturated heterocycles. The quantitative estimate of drug-likeness (QED) is 0.573. The number of hydrogen-bond donors (Lipinski definition) is 1. The van der Waals surface area contributed by atoms with E-state index in [4.69, 9.17) is 0 Å². The molecule has 1 fully saturated rings. The van der Waals surface area contributed by atoms with Gasteiger partial charge < -0.3 is 5.11 Å². The van der Waals surface area contributed by atoms with Gasteiger partial charge in [0, 0.05) is 5.92 Å². The molecule has 15 heavy (non-hydrogen) atoms. The first kappa shape index (κ1) is 10.1. The molecule has 0 aromatic heterocycles. The van der Waals surface area contributed by atoms with Gasteiger partial charge in [-0.1, -0.05) is 37.1 Å². The third-order valence-electron chi connectivity index (χ3n) is 4.00. The summed E-state index contributed by atoms with van der Waals surface area (Å²) < 4.78 is -0.612. The molecule has 0 amide bonds. The van der Waals surface area contributed by atoms with E-state index in [-0.39, 0.29) is 0 Å². The summed E-state index contributed by atoms with van der Waals surface area (Å²) in [5.74, 6) is 1.06. The molecule has 0 bridgehead atoms. The summed E-state index contributed by atoms with van der Waals surface area (Å²) in [6.45, 7) is 0. The first-order chi connectivity index (χ1) is 7.21. The van der Waals surface area contributed by atoms with Gasteiger partial charge in [0.1, 0.15) is 3.61 Å². The first-order valence-electron chi connectivity index (χ1n) is 5.72. The maximum atomic E-state index is 10.6. The van der Waals surface area contributed by atoms with Crippen molar-refractivity contribution in [3.8, 4) is 0 Å². The molecule has 3 unspecified atom stereocenters. The van der Waals surface area contributed by atoms with Gasteiger partial charge in [-0.15, -0.1) is 0 Å². The number of halogens is 1. The molecule has 0 radical (unpaired) electrons. The van der Waals surface area contributed by atoms with Crippen molar-refractivity contribution >= 4 is 22.6 Å². The van der Waals surface area contributed by atoms with E-state index < -0.39 is 3.61 Å². The van der Waals surface area contributed by atoms with Crippen LogP contribution in [0.15, 0.2) is 24.3 Å². The van der Waals surface area contributed by atoms with Crippen molar-refractivity contribution < 1.29 is 5.11 Å². The van der Waals surface area contributed by atoms with Gasteiger partial charge in [0.25, 0.3) is 0 Å². The van der Waals surface area contributed by atoms with Crippen molar-refractivity contribution in [3.63, 3.8) is 0 Å². The zero-order chi connectivity index (χ0) is 10.5. The summed E-state index contributed by atoms with van der Waals surface area (Å²) in [5.41, 5.74) is 2.57. The number of hydrogen-bond acceptors (Lipinski definition) is 1. The molecule has 0 spiro atoms. The van der Waals surface area contributed by atoms with E-state index in [1.807, 2.05) is 6.07 Å². The van der Waals surface area contributed by atoms with Crippen LogP contribution in [0, 0.1) is 5.92 Å². The first-order valence-corrected chi connectivity index (χ1v) is 6.80. The number of rotatable bonds is 0. The lowest BCUT2D eigenvalue weighted by Gasteiger charge is -2.32. The number of benzene rings is 1. The molecule has 3 rings (SSSR count). The van der Waals surface area contributed by atoms with E-state index in [0.29, 0.717) is 11.8 Å². The molecule has 0 aliphatic heterocycles. The predicted molar refractivity (Wildman–Crippen MR) is 69.1 cm³/mol. The Morgan fingerprint density at radius 3 is 2.80 bits per heavy atom. The fraction of sp³-hybridized carbons (Fsp3) is 0.538. The summed E-state index contributed by atoms with van der Waals surface area (Å²) in [6.07, 6.45) is 5.04. The second-order valence-electron chi connectivity index (χ2n) is 4.76. The average Bonchev–Trinajstić information content (AvgIpc) is 2.51. The molecule has 2 aliphatic carbocycles. The SMILES string of the molecule is OC1(I)c2ccccc2C2CCCCC21. The standard InChI is InChI=1S/C13H15IO/c14-13(15)11-7-3-1-5-9(11)10-6-2-4-8-12(10)13/h1,3,5,7,10,12,15H,2,4,6,8H2. The Bertz CT molecular complexity index is 386. The van der Waals surface area contributed by atoms with Gasteiger partial charge in [-0.25, -0.2) is 0 Å². The maximum absolute atomic E-state index is 10.6. The molecule has 2 aliphatic rings. The minimum absolute atomic E-state index is 0.448. The third kappa shape index (κ3) is 1.37. The monoisotopic (exact) mass is 314 g/mol.